The van der Waals surface area contributed by atoms with E-state index in [1.807, 2.05) is 41.3 Å². The average molecular weight is 370 g/mol. The van der Waals surface area contributed by atoms with Crippen LogP contribution in [0.4, 0.5) is 0 Å². The zero-order chi connectivity index (χ0) is 19.3. The SMILES string of the molecule is NC(C(=O)N1CCC(c2cccc(-c3ccccc3)c2)CC1)c1ccccc1. The van der Waals surface area contributed by atoms with Crippen LogP contribution in [-0.4, -0.2) is 23.9 Å². The number of carbonyl (C=O) groups is 1. The Labute approximate surface area is 166 Å². The number of likely N-dealkylation sites (tertiary alicyclic amines) is 1. The minimum absolute atomic E-state index is 0.0303. The van der Waals surface area contributed by atoms with Gasteiger partial charge in [-0.05, 0) is 41.0 Å². The summed E-state index contributed by atoms with van der Waals surface area (Å²) in [4.78, 5) is 14.7. The third kappa shape index (κ3) is 4.00. The van der Waals surface area contributed by atoms with Crippen molar-refractivity contribution in [3.63, 3.8) is 0 Å². The molecule has 1 fully saturated rings. The van der Waals surface area contributed by atoms with Crippen LogP contribution in [0.2, 0.25) is 0 Å². The van der Waals surface area contributed by atoms with Crippen molar-refractivity contribution in [2.24, 2.45) is 5.73 Å². The number of benzene rings is 3. The van der Waals surface area contributed by atoms with E-state index in [1.54, 1.807) is 0 Å². The monoisotopic (exact) mass is 370 g/mol. The van der Waals surface area contributed by atoms with Crippen LogP contribution in [0.15, 0.2) is 84.9 Å². The molecule has 4 rings (SSSR count). The molecule has 0 aliphatic carbocycles. The summed E-state index contributed by atoms with van der Waals surface area (Å²) in [6.45, 7) is 1.53. The van der Waals surface area contributed by atoms with Gasteiger partial charge in [-0.1, -0.05) is 84.9 Å². The van der Waals surface area contributed by atoms with Crippen molar-refractivity contribution in [3.05, 3.63) is 96.1 Å². The fourth-order valence-corrected chi connectivity index (χ4v) is 4.04. The van der Waals surface area contributed by atoms with Crippen LogP contribution in [0.25, 0.3) is 11.1 Å². The van der Waals surface area contributed by atoms with E-state index in [2.05, 4.69) is 48.5 Å². The van der Waals surface area contributed by atoms with Crippen molar-refractivity contribution >= 4 is 5.91 Å². The van der Waals surface area contributed by atoms with Crippen molar-refractivity contribution in [2.45, 2.75) is 24.8 Å². The standard InChI is InChI=1S/C25H26N2O/c26-24(21-10-5-2-6-11-21)25(28)27-16-14-20(15-17-27)23-13-7-12-22(18-23)19-8-3-1-4-9-19/h1-13,18,20,24H,14-17,26H2. The van der Waals surface area contributed by atoms with Crippen LogP contribution in [0, 0.1) is 0 Å². The quantitative estimate of drug-likeness (QED) is 0.720. The predicted molar refractivity (Wildman–Crippen MR) is 114 cm³/mol. The van der Waals surface area contributed by atoms with Gasteiger partial charge in [-0.3, -0.25) is 4.79 Å². The molecule has 2 N–H and O–H groups in total. The number of amides is 1. The van der Waals surface area contributed by atoms with E-state index >= 15 is 0 Å². The van der Waals surface area contributed by atoms with E-state index in [9.17, 15) is 4.79 Å². The van der Waals surface area contributed by atoms with Crippen LogP contribution >= 0.6 is 0 Å². The lowest BCUT2D eigenvalue weighted by Gasteiger charge is -2.34. The van der Waals surface area contributed by atoms with Gasteiger partial charge < -0.3 is 10.6 Å². The van der Waals surface area contributed by atoms with E-state index in [4.69, 9.17) is 5.73 Å². The molecule has 0 spiro atoms. The molecule has 0 radical (unpaired) electrons. The highest BCUT2D eigenvalue weighted by atomic mass is 16.2. The third-order valence-electron chi connectivity index (χ3n) is 5.70. The molecule has 3 aromatic rings. The molecule has 0 saturated carbocycles. The summed E-state index contributed by atoms with van der Waals surface area (Å²) < 4.78 is 0. The van der Waals surface area contributed by atoms with Gasteiger partial charge in [-0.25, -0.2) is 0 Å². The Kier molecular flexibility index (Phi) is 5.54. The number of nitrogens with two attached hydrogens (primary N) is 1. The first-order valence-corrected chi connectivity index (χ1v) is 9.97. The Balaban J connectivity index is 1.41. The van der Waals surface area contributed by atoms with Crippen LogP contribution in [0.1, 0.15) is 35.9 Å². The first-order valence-electron chi connectivity index (χ1n) is 9.97. The zero-order valence-electron chi connectivity index (χ0n) is 16.0. The largest absolute Gasteiger partial charge is 0.341 e. The highest BCUT2D eigenvalue weighted by Gasteiger charge is 2.27. The molecule has 1 heterocycles. The van der Waals surface area contributed by atoms with E-state index in [0.717, 1.165) is 31.5 Å². The Morgan fingerprint density at radius 1 is 0.821 bits per heavy atom. The van der Waals surface area contributed by atoms with E-state index in [1.165, 1.54) is 16.7 Å². The minimum atomic E-state index is -0.570. The van der Waals surface area contributed by atoms with Crippen LogP contribution in [0.5, 0.6) is 0 Å². The molecule has 0 bridgehead atoms. The zero-order valence-corrected chi connectivity index (χ0v) is 16.0. The summed E-state index contributed by atoms with van der Waals surface area (Å²) in [7, 11) is 0. The van der Waals surface area contributed by atoms with Gasteiger partial charge in [0, 0.05) is 13.1 Å². The smallest absolute Gasteiger partial charge is 0.244 e. The molecule has 3 aromatic carbocycles. The number of rotatable bonds is 4. The molecule has 28 heavy (non-hydrogen) atoms. The van der Waals surface area contributed by atoms with Crippen molar-refractivity contribution in [1.29, 1.82) is 0 Å². The van der Waals surface area contributed by atoms with Gasteiger partial charge in [0.25, 0.3) is 0 Å². The maximum absolute atomic E-state index is 12.8. The Morgan fingerprint density at radius 2 is 1.43 bits per heavy atom. The van der Waals surface area contributed by atoms with Crippen molar-refractivity contribution in [2.75, 3.05) is 13.1 Å². The second kappa shape index (κ2) is 8.41. The molecular formula is C25H26N2O. The second-order valence-electron chi connectivity index (χ2n) is 7.48. The summed E-state index contributed by atoms with van der Waals surface area (Å²) in [5, 5.41) is 0. The molecule has 142 valence electrons. The van der Waals surface area contributed by atoms with Crippen LogP contribution in [-0.2, 0) is 4.79 Å². The maximum atomic E-state index is 12.8. The number of carbonyl (C=O) groups excluding carboxylic acids is 1. The second-order valence-corrected chi connectivity index (χ2v) is 7.48. The molecule has 1 atom stereocenters. The summed E-state index contributed by atoms with van der Waals surface area (Å²) in [5.41, 5.74) is 10.9. The molecule has 3 heteroatoms. The van der Waals surface area contributed by atoms with E-state index < -0.39 is 6.04 Å². The number of nitrogens with zero attached hydrogens (tertiary/aromatic N) is 1. The minimum Gasteiger partial charge on any atom is -0.341 e. The van der Waals surface area contributed by atoms with Crippen molar-refractivity contribution < 1.29 is 4.79 Å². The molecule has 1 aliphatic heterocycles. The molecule has 3 nitrogen and oxygen atoms in total. The number of hydrogen-bond donors (Lipinski definition) is 1. The summed E-state index contributed by atoms with van der Waals surface area (Å²) in [6, 6.07) is 28.3. The van der Waals surface area contributed by atoms with Gasteiger partial charge in [0.2, 0.25) is 5.91 Å². The molecular weight excluding hydrogens is 344 g/mol. The van der Waals surface area contributed by atoms with Crippen molar-refractivity contribution in [3.8, 4) is 11.1 Å². The molecule has 1 amide bonds. The lowest BCUT2D eigenvalue weighted by molar-refractivity contribution is -0.133. The first kappa shape index (κ1) is 18.5. The number of hydrogen-bond acceptors (Lipinski definition) is 2. The van der Waals surface area contributed by atoms with Crippen LogP contribution < -0.4 is 5.73 Å². The lowest BCUT2D eigenvalue weighted by atomic mass is 9.87. The molecule has 1 saturated heterocycles. The molecule has 0 aromatic heterocycles. The van der Waals surface area contributed by atoms with E-state index in [-0.39, 0.29) is 5.91 Å². The first-order chi connectivity index (χ1) is 13.7. The normalized spacial score (nSPS) is 16.0. The summed E-state index contributed by atoms with van der Waals surface area (Å²) in [5.74, 6) is 0.517. The fourth-order valence-electron chi connectivity index (χ4n) is 4.04. The maximum Gasteiger partial charge on any atom is 0.244 e. The Morgan fingerprint density at radius 3 is 2.11 bits per heavy atom. The van der Waals surface area contributed by atoms with Gasteiger partial charge in [0.05, 0.1) is 0 Å². The van der Waals surface area contributed by atoms with Crippen molar-refractivity contribution in [1.82, 2.24) is 4.90 Å². The Hall–Kier alpha value is -2.91. The van der Waals surface area contributed by atoms with Gasteiger partial charge in [-0.2, -0.15) is 0 Å². The fraction of sp³-hybridized carbons (Fsp3) is 0.240. The summed E-state index contributed by atoms with van der Waals surface area (Å²) in [6.07, 6.45) is 1.96. The summed E-state index contributed by atoms with van der Waals surface area (Å²) >= 11 is 0. The van der Waals surface area contributed by atoms with Gasteiger partial charge >= 0.3 is 0 Å². The van der Waals surface area contributed by atoms with E-state index in [0.29, 0.717) is 5.92 Å². The highest BCUT2D eigenvalue weighted by molar-refractivity contribution is 5.83. The topological polar surface area (TPSA) is 46.3 Å². The predicted octanol–water partition coefficient (Wildman–Crippen LogP) is 4.76. The number of piperidine rings is 1. The van der Waals surface area contributed by atoms with Gasteiger partial charge in [-0.15, -0.1) is 0 Å². The molecule has 1 unspecified atom stereocenters. The highest BCUT2D eigenvalue weighted by Crippen LogP contribution is 2.31. The van der Waals surface area contributed by atoms with Gasteiger partial charge in [0.1, 0.15) is 6.04 Å². The van der Waals surface area contributed by atoms with Gasteiger partial charge in [0.15, 0.2) is 0 Å². The lowest BCUT2D eigenvalue weighted by Crippen LogP contribution is -2.42. The molecule has 1 aliphatic rings. The third-order valence-corrected chi connectivity index (χ3v) is 5.70. The Bertz CT molecular complexity index is 916. The van der Waals surface area contributed by atoms with Crippen LogP contribution in [0.3, 0.4) is 0 Å². The average Bonchev–Trinajstić information content (AvgIpc) is 2.79.